The Labute approximate surface area is 179 Å². The van der Waals surface area contributed by atoms with Crippen molar-refractivity contribution in [2.75, 3.05) is 19.7 Å². The fraction of sp³-hybridized carbons (Fsp3) is 0.545. The molecule has 0 bridgehead atoms. The van der Waals surface area contributed by atoms with Crippen LogP contribution in [0.1, 0.15) is 61.3 Å². The number of halogens is 2. The monoisotopic (exact) mass is 435 g/mol. The predicted octanol–water partition coefficient (Wildman–Crippen LogP) is 4.38. The molecule has 9 heteroatoms. The largest absolute Gasteiger partial charge is 0.489 e. The van der Waals surface area contributed by atoms with Gasteiger partial charge in [0.25, 0.3) is 5.91 Å². The summed E-state index contributed by atoms with van der Waals surface area (Å²) in [5, 5.41) is 0. The van der Waals surface area contributed by atoms with Crippen LogP contribution in [0.2, 0.25) is 0 Å². The van der Waals surface area contributed by atoms with Gasteiger partial charge in [-0.1, -0.05) is 0 Å². The van der Waals surface area contributed by atoms with E-state index >= 15 is 0 Å². The minimum atomic E-state index is -2.96. The van der Waals surface area contributed by atoms with Gasteiger partial charge in [0.15, 0.2) is 23.0 Å². The van der Waals surface area contributed by atoms with Gasteiger partial charge in [0.1, 0.15) is 0 Å². The smallest absolute Gasteiger partial charge is 0.387 e. The zero-order chi connectivity index (χ0) is 22.0. The maximum atomic E-state index is 13.0. The van der Waals surface area contributed by atoms with Crippen LogP contribution in [0.3, 0.4) is 0 Å². The number of carbonyl (C=O) groups is 1. The maximum absolute atomic E-state index is 13.0. The summed E-state index contributed by atoms with van der Waals surface area (Å²) in [6.07, 6.45) is 5.13. The summed E-state index contributed by atoms with van der Waals surface area (Å²) in [4.78, 5) is 19.2. The average molecular weight is 435 g/mol. The SMILES string of the molecule is C[C@H](N)c1oc(-c2ccc(OC(F)F)c(OCC3CC3)c2)nc1C(=O)N1CCCCC1. The van der Waals surface area contributed by atoms with Gasteiger partial charge in [-0.05, 0) is 63.1 Å². The Hall–Kier alpha value is -2.68. The van der Waals surface area contributed by atoms with Crippen LogP contribution in [0.5, 0.6) is 11.5 Å². The van der Waals surface area contributed by atoms with E-state index in [1.165, 1.54) is 6.07 Å². The summed E-state index contributed by atoms with van der Waals surface area (Å²) < 4.78 is 41.7. The number of ether oxygens (including phenoxy) is 2. The number of rotatable bonds is 8. The number of nitrogens with two attached hydrogens (primary N) is 1. The molecule has 1 saturated carbocycles. The van der Waals surface area contributed by atoms with E-state index in [-0.39, 0.29) is 29.0 Å². The molecule has 2 N–H and O–H groups in total. The highest BCUT2D eigenvalue weighted by atomic mass is 19.3. The Kier molecular flexibility index (Phi) is 6.41. The number of benzene rings is 1. The maximum Gasteiger partial charge on any atom is 0.387 e. The molecule has 1 saturated heterocycles. The molecule has 1 aromatic heterocycles. The van der Waals surface area contributed by atoms with Crippen molar-refractivity contribution in [2.45, 2.75) is 51.7 Å². The van der Waals surface area contributed by atoms with Crippen LogP contribution in [-0.4, -0.2) is 42.1 Å². The molecule has 1 aliphatic carbocycles. The average Bonchev–Trinajstić information content (AvgIpc) is 3.48. The fourth-order valence-electron chi connectivity index (χ4n) is 3.60. The van der Waals surface area contributed by atoms with E-state index < -0.39 is 12.7 Å². The molecule has 7 nitrogen and oxygen atoms in total. The van der Waals surface area contributed by atoms with Crippen molar-refractivity contribution < 1.29 is 27.5 Å². The summed E-state index contributed by atoms with van der Waals surface area (Å²) >= 11 is 0. The van der Waals surface area contributed by atoms with Gasteiger partial charge in [-0.25, -0.2) is 4.98 Å². The zero-order valence-electron chi connectivity index (χ0n) is 17.5. The minimum absolute atomic E-state index is 0.0528. The Morgan fingerprint density at radius 3 is 2.65 bits per heavy atom. The van der Waals surface area contributed by atoms with Crippen molar-refractivity contribution in [2.24, 2.45) is 11.7 Å². The van der Waals surface area contributed by atoms with Crippen LogP contribution in [0.25, 0.3) is 11.5 Å². The van der Waals surface area contributed by atoms with Crippen LogP contribution in [0.4, 0.5) is 8.78 Å². The van der Waals surface area contributed by atoms with E-state index in [4.69, 9.17) is 14.9 Å². The van der Waals surface area contributed by atoms with Gasteiger partial charge < -0.3 is 24.5 Å². The molecular formula is C22H27F2N3O4. The van der Waals surface area contributed by atoms with E-state index in [1.807, 2.05) is 0 Å². The second-order valence-corrected chi connectivity index (χ2v) is 8.17. The number of piperidine rings is 1. The Bertz CT molecular complexity index is 921. The first-order valence-corrected chi connectivity index (χ1v) is 10.7. The molecule has 1 aliphatic heterocycles. The van der Waals surface area contributed by atoms with Crippen LogP contribution in [0.15, 0.2) is 22.6 Å². The second-order valence-electron chi connectivity index (χ2n) is 8.17. The van der Waals surface area contributed by atoms with Gasteiger partial charge in [-0.15, -0.1) is 0 Å². The number of amides is 1. The van der Waals surface area contributed by atoms with Gasteiger partial charge >= 0.3 is 6.61 Å². The number of aromatic nitrogens is 1. The van der Waals surface area contributed by atoms with Gasteiger partial charge in [0, 0.05) is 18.7 Å². The van der Waals surface area contributed by atoms with E-state index in [1.54, 1.807) is 24.0 Å². The van der Waals surface area contributed by atoms with Gasteiger partial charge in [-0.2, -0.15) is 8.78 Å². The predicted molar refractivity (Wildman–Crippen MR) is 109 cm³/mol. The molecule has 1 aromatic carbocycles. The molecule has 2 heterocycles. The molecule has 2 aromatic rings. The third-order valence-corrected chi connectivity index (χ3v) is 5.49. The quantitative estimate of drug-likeness (QED) is 0.662. The standard InChI is InChI=1S/C22H27F2N3O4/c1-13(25)19-18(21(28)27-9-3-2-4-10-27)26-20(31-19)15-7-8-16(30-22(23)24)17(11-15)29-12-14-5-6-14/h7-8,11,13-14,22H,2-6,9-10,12,25H2,1H3/t13-/m0/s1. The molecule has 31 heavy (non-hydrogen) atoms. The van der Waals surface area contributed by atoms with E-state index in [9.17, 15) is 13.6 Å². The first-order valence-electron chi connectivity index (χ1n) is 10.7. The van der Waals surface area contributed by atoms with Crippen molar-refractivity contribution in [1.82, 2.24) is 9.88 Å². The number of nitrogens with zero attached hydrogens (tertiary/aromatic N) is 2. The number of hydrogen-bond donors (Lipinski definition) is 1. The number of likely N-dealkylation sites (tertiary alicyclic amines) is 1. The highest BCUT2D eigenvalue weighted by Crippen LogP contribution is 2.37. The van der Waals surface area contributed by atoms with Crippen molar-refractivity contribution >= 4 is 5.91 Å². The third kappa shape index (κ3) is 5.15. The van der Waals surface area contributed by atoms with Crippen molar-refractivity contribution in [3.63, 3.8) is 0 Å². The molecule has 0 unspecified atom stereocenters. The van der Waals surface area contributed by atoms with E-state index in [0.29, 0.717) is 36.9 Å². The van der Waals surface area contributed by atoms with E-state index in [2.05, 4.69) is 9.72 Å². The van der Waals surface area contributed by atoms with Crippen molar-refractivity contribution in [3.05, 3.63) is 29.7 Å². The number of alkyl halides is 2. The Morgan fingerprint density at radius 1 is 1.26 bits per heavy atom. The highest BCUT2D eigenvalue weighted by Gasteiger charge is 2.29. The van der Waals surface area contributed by atoms with Crippen molar-refractivity contribution in [3.8, 4) is 23.0 Å². The number of oxazole rings is 1. The summed E-state index contributed by atoms with van der Waals surface area (Å²) in [6, 6.07) is 3.96. The lowest BCUT2D eigenvalue weighted by Crippen LogP contribution is -2.36. The lowest BCUT2D eigenvalue weighted by atomic mass is 10.1. The Balaban J connectivity index is 1.64. The lowest BCUT2D eigenvalue weighted by Gasteiger charge is -2.26. The minimum Gasteiger partial charge on any atom is -0.489 e. The van der Waals surface area contributed by atoms with Gasteiger partial charge in [0.2, 0.25) is 5.89 Å². The molecule has 0 radical (unpaired) electrons. The van der Waals surface area contributed by atoms with E-state index in [0.717, 1.165) is 32.1 Å². The first-order chi connectivity index (χ1) is 14.9. The molecule has 0 spiro atoms. The normalized spacial score (nSPS) is 17.6. The van der Waals surface area contributed by atoms with Crippen LogP contribution in [-0.2, 0) is 0 Å². The highest BCUT2D eigenvalue weighted by molar-refractivity contribution is 5.94. The second kappa shape index (κ2) is 9.21. The number of hydrogen-bond acceptors (Lipinski definition) is 6. The molecule has 4 rings (SSSR count). The van der Waals surface area contributed by atoms with Crippen LogP contribution < -0.4 is 15.2 Å². The summed E-state index contributed by atoms with van der Waals surface area (Å²) in [7, 11) is 0. The van der Waals surface area contributed by atoms with Crippen molar-refractivity contribution in [1.29, 1.82) is 0 Å². The molecule has 1 amide bonds. The molecule has 1 atom stereocenters. The zero-order valence-corrected chi connectivity index (χ0v) is 17.5. The Morgan fingerprint density at radius 2 is 2.00 bits per heavy atom. The molecular weight excluding hydrogens is 408 g/mol. The molecule has 2 fully saturated rings. The van der Waals surface area contributed by atoms with Gasteiger partial charge in [-0.3, -0.25) is 4.79 Å². The summed E-state index contributed by atoms with van der Waals surface area (Å²) in [5.41, 5.74) is 6.72. The fourth-order valence-corrected chi connectivity index (χ4v) is 3.60. The summed E-state index contributed by atoms with van der Waals surface area (Å²) in [5.74, 6) is 0.858. The topological polar surface area (TPSA) is 90.8 Å². The summed E-state index contributed by atoms with van der Waals surface area (Å²) in [6.45, 7) is 0.546. The third-order valence-electron chi connectivity index (χ3n) is 5.49. The molecule has 168 valence electrons. The lowest BCUT2D eigenvalue weighted by molar-refractivity contribution is -0.0515. The van der Waals surface area contributed by atoms with Gasteiger partial charge in [0.05, 0.1) is 12.6 Å². The van der Waals surface area contributed by atoms with Crippen LogP contribution in [0, 0.1) is 5.92 Å². The first kappa shape index (κ1) is 21.5. The molecule has 2 aliphatic rings. The number of carbonyl (C=O) groups excluding carboxylic acids is 1. The van der Waals surface area contributed by atoms with Crippen LogP contribution >= 0.6 is 0 Å².